The molecule has 1 aliphatic carbocycles. The summed E-state index contributed by atoms with van der Waals surface area (Å²) in [5.41, 5.74) is -0.565. The minimum absolute atomic E-state index is 0.289. The Bertz CT molecular complexity index is 1290. The molecule has 1 N–H and O–H groups in total. The summed E-state index contributed by atoms with van der Waals surface area (Å²) in [7, 11) is 3.08. The van der Waals surface area contributed by atoms with Crippen LogP contribution in [-0.4, -0.2) is 66.5 Å². The van der Waals surface area contributed by atoms with Gasteiger partial charge in [-0.05, 0) is 30.7 Å². The van der Waals surface area contributed by atoms with Crippen molar-refractivity contribution in [1.29, 1.82) is 0 Å². The second-order valence-corrected chi connectivity index (χ2v) is 14.9. The number of rotatable bonds is 15. The van der Waals surface area contributed by atoms with Crippen LogP contribution in [0.5, 0.6) is 11.5 Å². The Balaban J connectivity index is 1.85. The lowest BCUT2D eigenvalue weighted by atomic mass is 9.77. The van der Waals surface area contributed by atoms with E-state index in [9.17, 15) is 9.90 Å². The van der Waals surface area contributed by atoms with E-state index in [0.29, 0.717) is 66.9 Å². The molecule has 0 heterocycles. The molecule has 2 aromatic carbocycles. The molecule has 0 aromatic heterocycles. The summed E-state index contributed by atoms with van der Waals surface area (Å²) < 4.78 is 29.0. The SMILES string of the molecule is COC1(OC)C=C(OCC(=O)O)C(C)(C)CC1(SCCOc1ccc(Cl)cc1Cl)SCCOc1cc(Cl)c(Cl)cc1Cl. The molecule has 1 unspecified atom stereocenters. The van der Waals surface area contributed by atoms with Crippen LogP contribution in [0, 0.1) is 5.41 Å². The van der Waals surface area contributed by atoms with Crippen LogP contribution in [0.4, 0.5) is 0 Å². The molecule has 0 spiro atoms. The van der Waals surface area contributed by atoms with E-state index in [0.717, 1.165) is 0 Å². The van der Waals surface area contributed by atoms with E-state index in [1.807, 2.05) is 13.8 Å². The summed E-state index contributed by atoms with van der Waals surface area (Å²) in [6, 6.07) is 8.16. The van der Waals surface area contributed by atoms with Crippen LogP contribution < -0.4 is 9.47 Å². The van der Waals surface area contributed by atoms with Crippen LogP contribution in [0.15, 0.2) is 42.2 Å². The van der Waals surface area contributed by atoms with Crippen molar-refractivity contribution in [2.24, 2.45) is 5.41 Å². The van der Waals surface area contributed by atoms with Crippen LogP contribution in [0.3, 0.4) is 0 Å². The number of benzene rings is 2. The standard InChI is InChI=1S/C28H31Cl5O7S2/c1-26(2)16-28(27(36-3,37-4)14-24(26)40-15-25(34)35,41-9-7-38-22-6-5-17(29)11-20(22)32)42-10-8-39-23-13-19(31)18(30)12-21(23)33/h5-6,11-14H,7-10,15-16H2,1-4H3,(H,34,35). The Hall–Kier alpha value is -0.880. The summed E-state index contributed by atoms with van der Waals surface area (Å²) in [5.74, 6) is 0.0852. The van der Waals surface area contributed by atoms with Crippen LogP contribution in [0.2, 0.25) is 25.1 Å². The van der Waals surface area contributed by atoms with Crippen molar-refractivity contribution >= 4 is 87.5 Å². The molecule has 3 rings (SSSR count). The van der Waals surface area contributed by atoms with Crippen molar-refractivity contribution in [3.8, 4) is 11.5 Å². The molecular weight excluding hydrogens is 690 g/mol. The number of allylic oxidation sites excluding steroid dienone is 1. The van der Waals surface area contributed by atoms with Gasteiger partial charge in [0.25, 0.3) is 0 Å². The van der Waals surface area contributed by atoms with Crippen LogP contribution in [0.1, 0.15) is 20.3 Å². The fourth-order valence-electron chi connectivity index (χ4n) is 4.43. The maximum Gasteiger partial charge on any atom is 0.341 e. The molecule has 0 radical (unpaired) electrons. The van der Waals surface area contributed by atoms with Gasteiger partial charge in [-0.2, -0.15) is 0 Å². The number of ether oxygens (including phenoxy) is 5. The van der Waals surface area contributed by atoms with Gasteiger partial charge in [0.2, 0.25) is 5.79 Å². The third kappa shape index (κ3) is 8.64. The first-order valence-corrected chi connectivity index (χ1v) is 16.5. The van der Waals surface area contributed by atoms with E-state index >= 15 is 0 Å². The number of halogens is 5. The van der Waals surface area contributed by atoms with Crippen molar-refractivity contribution < 1.29 is 33.6 Å². The van der Waals surface area contributed by atoms with Gasteiger partial charge in [0.15, 0.2) is 6.61 Å². The van der Waals surface area contributed by atoms with Gasteiger partial charge in [0, 0.05) is 48.3 Å². The van der Waals surface area contributed by atoms with E-state index in [1.54, 1.807) is 68.1 Å². The molecule has 0 aliphatic heterocycles. The fourth-order valence-corrected chi connectivity index (χ4v) is 9.09. The Morgan fingerprint density at radius 3 is 1.98 bits per heavy atom. The van der Waals surface area contributed by atoms with E-state index in [1.165, 1.54) is 6.07 Å². The third-order valence-electron chi connectivity index (χ3n) is 6.37. The normalized spacial score (nSPS) is 19.2. The maximum atomic E-state index is 11.3. The molecule has 0 saturated carbocycles. The molecule has 0 fully saturated rings. The Labute approximate surface area is 279 Å². The van der Waals surface area contributed by atoms with Crippen LogP contribution in [-0.2, 0) is 19.0 Å². The zero-order valence-corrected chi connectivity index (χ0v) is 28.7. The molecule has 14 heteroatoms. The number of carboxylic acid groups (broad SMARTS) is 1. The van der Waals surface area contributed by atoms with Gasteiger partial charge in [0.05, 0.1) is 33.3 Å². The molecule has 1 atom stereocenters. The lowest BCUT2D eigenvalue weighted by Gasteiger charge is -2.53. The molecule has 1 aliphatic rings. The van der Waals surface area contributed by atoms with Gasteiger partial charge in [-0.3, -0.25) is 0 Å². The van der Waals surface area contributed by atoms with Crippen molar-refractivity contribution in [3.05, 3.63) is 67.3 Å². The number of methoxy groups -OCH3 is 2. The topological polar surface area (TPSA) is 83.5 Å². The number of hydrogen-bond donors (Lipinski definition) is 1. The quantitative estimate of drug-likeness (QED) is 0.110. The average Bonchev–Trinajstić information content (AvgIpc) is 2.92. The smallest absolute Gasteiger partial charge is 0.341 e. The Morgan fingerprint density at radius 1 is 0.833 bits per heavy atom. The minimum Gasteiger partial charge on any atom is -0.491 e. The highest BCUT2D eigenvalue weighted by molar-refractivity contribution is 8.18. The highest BCUT2D eigenvalue weighted by Crippen LogP contribution is 2.59. The van der Waals surface area contributed by atoms with Gasteiger partial charge in [-0.25, -0.2) is 4.79 Å². The van der Waals surface area contributed by atoms with E-state index in [-0.39, 0.29) is 6.61 Å². The minimum atomic E-state index is -1.29. The highest BCUT2D eigenvalue weighted by Gasteiger charge is 2.59. The van der Waals surface area contributed by atoms with Crippen LogP contribution >= 0.6 is 81.5 Å². The van der Waals surface area contributed by atoms with Crippen molar-refractivity contribution in [2.75, 3.05) is 45.5 Å². The zero-order valence-electron chi connectivity index (χ0n) is 23.3. The van der Waals surface area contributed by atoms with Crippen molar-refractivity contribution in [3.63, 3.8) is 0 Å². The Kier molecular flexibility index (Phi) is 13.1. The second kappa shape index (κ2) is 15.4. The number of hydrogen-bond acceptors (Lipinski definition) is 8. The van der Waals surface area contributed by atoms with Gasteiger partial charge in [-0.1, -0.05) is 71.9 Å². The van der Waals surface area contributed by atoms with Crippen LogP contribution in [0.25, 0.3) is 0 Å². The zero-order chi connectivity index (χ0) is 31.1. The molecule has 2 aromatic rings. The maximum absolute atomic E-state index is 11.3. The first-order chi connectivity index (χ1) is 19.8. The second-order valence-electron chi connectivity index (χ2n) is 9.75. The first-order valence-electron chi connectivity index (χ1n) is 12.6. The summed E-state index contributed by atoms with van der Waals surface area (Å²) in [4.78, 5) is 11.3. The molecule has 0 amide bonds. The molecular formula is C28H31Cl5O7S2. The number of carbonyl (C=O) groups is 1. The summed E-state index contributed by atoms with van der Waals surface area (Å²) in [6.07, 6.45) is 2.23. The molecule has 232 valence electrons. The fraction of sp³-hybridized carbons (Fsp3) is 0.464. The van der Waals surface area contributed by atoms with Crippen molar-refractivity contribution in [2.45, 2.75) is 30.1 Å². The summed E-state index contributed by atoms with van der Waals surface area (Å²) >= 11 is 34.0. The number of carboxylic acids is 1. The molecule has 0 bridgehead atoms. The monoisotopic (exact) mass is 718 g/mol. The van der Waals surface area contributed by atoms with Gasteiger partial charge >= 0.3 is 5.97 Å². The first kappa shape index (κ1) is 35.6. The molecule has 0 saturated heterocycles. The largest absolute Gasteiger partial charge is 0.491 e. The van der Waals surface area contributed by atoms with E-state index in [2.05, 4.69) is 0 Å². The lowest BCUT2D eigenvalue weighted by molar-refractivity contribution is -0.189. The van der Waals surface area contributed by atoms with Gasteiger partial charge < -0.3 is 28.8 Å². The van der Waals surface area contributed by atoms with Gasteiger partial charge in [-0.15, -0.1) is 23.5 Å². The van der Waals surface area contributed by atoms with E-state index < -0.39 is 27.9 Å². The third-order valence-corrected chi connectivity index (χ3v) is 11.2. The summed E-state index contributed by atoms with van der Waals surface area (Å²) in [6.45, 7) is 4.11. The van der Waals surface area contributed by atoms with Gasteiger partial charge in [0.1, 0.15) is 21.3 Å². The predicted molar refractivity (Wildman–Crippen MR) is 173 cm³/mol. The Morgan fingerprint density at radius 2 is 1.40 bits per heavy atom. The molecule has 42 heavy (non-hydrogen) atoms. The predicted octanol–water partition coefficient (Wildman–Crippen LogP) is 8.98. The summed E-state index contributed by atoms with van der Waals surface area (Å²) in [5, 5.41) is 11.2. The number of aliphatic carboxylic acids is 1. The lowest BCUT2D eigenvalue weighted by Crippen LogP contribution is -2.57. The van der Waals surface area contributed by atoms with E-state index in [4.69, 9.17) is 81.7 Å². The molecule has 7 nitrogen and oxygen atoms in total. The number of thioether (sulfide) groups is 2. The average molecular weight is 721 g/mol. The highest BCUT2D eigenvalue weighted by atomic mass is 35.5. The van der Waals surface area contributed by atoms with Crippen molar-refractivity contribution in [1.82, 2.24) is 0 Å².